The molecule has 0 spiro atoms. The van der Waals surface area contributed by atoms with Gasteiger partial charge in [0.05, 0.1) is 22.4 Å². The molecule has 1 aromatic heterocycles. The number of carbonyl (C=O) groups excluding carboxylic acids is 1. The SMILES string of the molecule is Cc1cc(C)cc(-n2nnnc2S[C@H](C)C(=O)N(C)[C@@H]2CCS(=O)(=O)C2)c1. The van der Waals surface area contributed by atoms with Crippen LogP contribution in [-0.4, -0.2) is 69.3 Å². The zero-order valence-corrected chi connectivity index (χ0v) is 17.4. The van der Waals surface area contributed by atoms with Crippen LogP contribution >= 0.6 is 11.8 Å². The molecule has 1 amide bonds. The monoisotopic (exact) mass is 409 g/mol. The van der Waals surface area contributed by atoms with E-state index in [9.17, 15) is 13.2 Å². The number of benzene rings is 1. The molecular formula is C17H23N5O3S2. The lowest BCUT2D eigenvalue weighted by molar-refractivity contribution is -0.130. The molecule has 27 heavy (non-hydrogen) atoms. The molecule has 1 aliphatic heterocycles. The number of carbonyl (C=O) groups is 1. The maximum absolute atomic E-state index is 12.8. The van der Waals surface area contributed by atoms with Crippen LogP contribution in [0.2, 0.25) is 0 Å². The van der Waals surface area contributed by atoms with Crippen LogP contribution in [0.1, 0.15) is 24.5 Å². The van der Waals surface area contributed by atoms with Gasteiger partial charge in [0.2, 0.25) is 11.1 Å². The first-order valence-electron chi connectivity index (χ1n) is 8.67. The quantitative estimate of drug-likeness (QED) is 0.689. The van der Waals surface area contributed by atoms with Gasteiger partial charge in [0, 0.05) is 13.1 Å². The van der Waals surface area contributed by atoms with Crippen molar-refractivity contribution in [2.75, 3.05) is 18.6 Å². The fourth-order valence-corrected chi connectivity index (χ4v) is 5.93. The van der Waals surface area contributed by atoms with Gasteiger partial charge >= 0.3 is 0 Å². The molecule has 2 heterocycles. The van der Waals surface area contributed by atoms with Gasteiger partial charge in [0.1, 0.15) is 0 Å². The Bertz CT molecular complexity index is 937. The number of thioether (sulfide) groups is 1. The van der Waals surface area contributed by atoms with Gasteiger partial charge in [-0.1, -0.05) is 17.8 Å². The third-order valence-corrected chi connectivity index (χ3v) is 7.40. The predicted molar refractivity (Wildman–Crippen MR) is 104 cm³/mol. The van der Waals surface area contributed by atoms with E-state index in [1.54, 1.807) is 23.6 Å². The molecule has 10 heteroatoms. The largest absolute Gasteiger partial charge is 0.341 e. The molecule has 1 aromatic carbocycles. The highest BCUT2D eigenvalue weighted by Gasteiger charge is 2.34. The summed E-state index contributed by atoms with van der Waals surface area (Å²) in [7, 11) is -1.37. The smallest absolute Gasteiger partial charge is 0.235 e. The van der Waals surface area contributed by atoms with Crippen LogP contribution in [0.3, 0.4) is 0 Å². The molecule has 2 atom stereocenters. The van der Waals surface area contributed by atoms with Crippen molar-refractivity contribution >= 4 is 27.5 Å². The van der Waals surface area contributed by atoms with Crippen LogP contribution in [0.25, 0.3) is 5.69 Å². The van der Waals surface area contributed by atoms with Gasteiger partial charge < -0.3 is 4.90 Å². The highest BCUT2D eigenvalue weighted by molar-refractivity contribution is 8.00. The van der Waals surface area contributed by atoms with E-state index < -0.39 is 15.1 Å². The first-order valence-corrected chi connectivity index (χ1v) is 11.4. The Labute approximate surface area is 163 Å². The van der Waals surface area contributed by atoms with E-state index in [2.05, 4.69) is 21.6 Å². The van der Waals surface area contributed by atoms with Crippen molar-refractivity contribution in [2.24, 2.45) is 0 Å². The Balaban J connectivity index is 1.74. The molecule has 146 valence electrons. The van der Waals surface area contributed by atoms with E-state index in [0.717, 1.165) is 16.8 Å². The second kappa shape index (κ2) is 7.59. The maximum atomic E-state index is 12.8. The molecule has 2 aromatic rings. The number of hydrogen-bond donors (Lipinski definition) is 0. The molecule has 0 saturated carbocycles. The second-order valence-corrected chi connectivity index (χ2v) is 10.5. The van der Waals surface area contributed by atoms with Gasteiger partial charge in [-0.2, -0.15) is 4.68 Å². The van der Waals surface area contributed by atoms with Crippen LogP contribution in [0.5, 0.6) is 0 Å². The molecule has 3 rings (SSSR count). The molecule has 8 nitrogen and oxygen atoms in total. The lowest BCUT2D eigenvalue weighted by atomic mass is 10.1. The molecule has 0 N–H and O–H groups in total. The highest BCUT2D eigenvalue weighted by Crippen LogP contribution is 2.26. The normalized spacial score (nSPS) is 19.8. The molecule has 0 aliphatic carbocycles. The molecular weight excluding hydrogens is 386 g/mol. The van der Waals surface area contributed by atoms with E-state index in [0.29, 0.717) is 11.6 Å². The number of sulfone groups is 1. The molecule has 1 fully saturated rings. The number of hydrogen-bond acceptors (Lipinski definition) is 7. The van der Waals surface area contributed by atoms with Crippen molar-refractivity contribution in [2.45, 2.75) is 43.6 Å². The summed E-state index contributed by atoms with van der Waals surface area (Å²) in [6.45, 7) is 5.79. The Morgan fingerprint density at radius 1 is 1.30 bits per heavy atom. The zero-order valence-electron chi connectivity index (χ0n) is 15.8. The summed E-state index contributed by atoms with van der Waals surface area (Å²) >= 11 is 1.26. The average Bonchev–Trinajstić information content (AvgIpc) is 3.18. The van der Waals surface area contributed by atoms with Crippen molar-refractivity contribution < 1.29 is 13.2 Å². The Hall–Kier alpha value is -1.94. The zero-order chi connectivity index (χ0) is 19.8. The first kappa shape index (κ1) is 19.8. The summed E-state index contributed by atoms with van der Waals surface area (Å²) in [5.41, 5.74) is 3.04. The maximum Gasteiger partial charge on any atom is 0.235 e. The van der Waals surface area contributed by atoms with E-state index in [1.165, 1.54) is 11.8 Å². The van der Waals surface area contributed by atoms with Gasteiger partial charge in [0.25, 0.3) is 0 Å². The third-order valence-electron chi connectivity index (χ3n) is 4.63. The molecule has 1 aliphatic rings. The number of aromatic nitrogens is 4. The first-order chi connectivity index (χ1) is 12.7. The highest BCUT2D eigenvalue weighted by atomic mass is 32.2. The lowest BCUT2D eigenvalue weighted by Gasteiger charge is -2.26. The van der Waals surface area contributed by atoms with Gasteiger partial charge in [-0.25, -0.2) is 8.42 Å². The standard InChI is InChI=1S/C17H23N5O3S2/c1-11-7-12(2)9-15(8-11)22-17(18-19-20-22)26-13(3)16(23)21(4)14-5-6-27(24,25)10-14/h7-9,13-14H,5-6,10H2,1-4H3/t13-,14-/m1/s1. The van der Waals surface area contributed by atoms with Crippen molar-refractivity contribution in [1.82, 2.24) is 25.1 Å². The fraction of sp³-hybridized carbons (Fsp3) is 0.529. The predicted octanol–water partition coefficient (Wildman–Crippen LogP) is 1.41. The number of nitrogens with zero attached hydrogens (tertiary/aromatic N) is 5. The average molecular weight is 410 g/mol. The number of tetrazole rings is 1. The molecule has 1 saturated heterocycles. The van der Waals surface area contributed by atoms with Gasteiger partial charge in [0.15, 0.2) is 9.84 Å². The van der Waals surface area contributed by atoms with Crippen LogP contribution in [-0.2, 0) is 14.6 Å². The Morgan fingerprint density at radius 3 is 2.56 bits per heavy atom. The minimum absolute atomic E-state index is 0.0347. The third kappa shape index (κ3) is 4.49. The summed E-state index contributed by atoms with van der Waals surface area (Å²) in [6, 6.07) is 5.77. The van der Waals surface area contributed by atoms with Crippen molar-refractivity contribution in [3.63, 3.8) is 0 Å². The molecule has 0 unspecified atom stereocenters. The summed E-state index contributed by atoms with van der Waals surface area (Å²) in [5.74, 6) is 0.0476. The Morgan fingerprint density at radius 2 is 1.96 bits per heavy atom. The Kier molecular flexibility index (Phi) is 5.57. The summed E-state index contributed by atoms with van der Waals surface area (Å²) in [4.78, 5) is 14.3. The van der Waals surface area contributed by atoms with E-state index in [1.807, 2.05) is 26.0 Å². The number of amides is 1. The fourth-order valence-electron chi connectivity index (χ4n) is 3.24. The summed E-state index contributed by atoms with van der Waals surface area (Å²) in [6.07, 6.45) is 0.488. The topological polar surface area (TPSA) is 98.1 Å². The van der Waals surface area contributed by atoms with Crippen molar-refractivity contribution in [3.05, 3.63) is 29.3 Å². The minimum Gasteiger partial charge on any atom is -0.341 e. The van der Waals surface area contributed by atoms with Gasteiger partial charge in [-0.15, -0.1) is 5.10 Å². The summed E-state index contributed by atoms with van der Waals surface area (Å²) < 4.78 is 25.0. The second-order valence-electron chi connectivity index (χ2n) is 6.99. The van der Waals surface area contributed by atoms with E-state index >= 15 is 0 Å². The number of rotatable bonds is 5. The van der Waals surface area contributed by atoms with E-state index in [-0.39, 0.29) is 23.5 Å². The summed E-state index contributed by atoms with van der Waals surface area (Å²) in [5, 5.41) is 11.9. The number of aryl methyl sites for hydroxylation is 2. The van der Waals surface area contributed by atoms with Gasteiger partial charge in [-0.05, 0) is 60.9 Å². The molecule has 0 radical (unpaired) electrons. The molecule has 0 bridgehead atoms. The van der Waals surface area contributed by atoms with E-state index in [4.69, 9.17) is 0 Å². The van der Waals surface area contributed by atoms with Crippen molar-refractivity contribution in [3.8, 4) is 5.69 Å². The van der Waals surface area contributed by atoms with Gasteiger partial charge in [-0.3, -0.25) is 4.79 Å². The lowest BCUT2D eigenvalue weighted by Crippen LogP contribution is -2.41. The van der Waals surface area contributed by atoms with Crippen LogP contribution < -0.4 is 0 Å². The van der Waals surface area contributed by atoms with Crippen LogP contribution in [0.4, 0.5) is 0 Å². The van der Waals surface area contributed by atoms with Crippen LogP contribution in [0, 0.1) is 13.8 Å². The van der Waals surface area contributed by atoms with Crippen molar-refractivity contribution in [1.29, 1.82) is 0 Å². The van der Waals surface area contributed by atoms with Crippen LogP contribution in [0.15, 0.2) is 23.4 Å². The minimum atomic E-state index is -3.04.